The van der Waals surface area contributed by atoms with E-state index >= 15 is 0 Å². The molecule has 6 nitrogen and oxygen atoms in total. The number of nitrogens with zero attached hydrogens (tertiary/aromatic N) is 2. The fourth-order valence-electron chi connectivity index (χ4n) is 4.61. The lowest BCUT2D eigenvalue weighted by molar-refractivity contribution is -0.138. The van der Waals surface area contributed by atoms with Gasteiger partial charge in [0.05, 0.1) is 11.5 Å². The monoisotopic (exact) mass is 455 g/mol. The first kappa shape index (κ1) is 22.9. The molecule has 2 fully saturated rings. The van der Waals surface area contributed by atoms with Gasteiger partial charge in [0.15, 0.2) is 5.78 Å². The fraction of sp³-hybridized carbons (Fsp3) is 0.400. The van der Waals surface area contributed by atoms with Gasteiger partial charge in [-0.3, -0.25) is 9.59 Å². The van der Waals surface area contributed by atoms with Gasteiger partial charge in [0.1, 0.15) is 11.6 Å². The van der Waals surface area contributed by atoms with Crippen molar-refractivity contribution in [2.24, 2.45) is 11.8 Å². The zero-order chi connectivity index (χ0) is 23.4. The number of para-hydroxylation sites is 1. The predicted molar refractivity (Wildman–Crippen MR) is 120 cm³/mol. The van der Waals surface area contributed by atoms with Gasteiger partial charge in [0, 0.05) is 37.8 Å². The van der Waals surface area contributed by atoms with E-state index in [-0.39, 0.29) is 23.4 Å². The Labute approximate surface area is 191 Å². The summed E-state index contributed by atoms with van der Waals surface area (Å²) in [6.07, 6.45) is 2.27. The molecule has 2 heterocycles. The van der Waals surface area contributed by atoms with Crippen LogP contribution in [0.4, 0.5) is 19.3 Å². The molecule has 2 aromatic carbocycles. The average molecular weight is 456 g/mol. The first-order valence-corrected chi connectivity index (χ1v) is 11.3. The van der Waals surface area contributed by atoms with Crippen LogP contribution in [0.15, 0.2) is 48.5 Å². The number of nitrogens with one attached hydrogen (secondary N) is 1. The van der Waals surface area contributed by atoms with E-state index in [1.165, 1.54) is 0 Å². The van der Waals surface area contributed by atoms with Gasteiger partial charge in [-0.05, 0) is 56.0 Å². The number of amides is 3. The lowest BCUT2D eigenvalue weighted by Gasteiger charge is -2.37. The zero-order valence-electron chi connectivity index (χ0n) is 18.3. The fourth-order valence-corrected chi connectivity index (χ4v) is 4.61. The first-order chi connectivity index (χ1) is 15.9. The van der Waals surface area contributed by atoms with Crippen molar-refractivity contribution in [2.45, 2.75) is 25.7 Å². The maximum Gasteiger partial charge on any atom is 0.321 e. The number of carbonyl (C=O) groups is 3. The number of urea groups is 1. The number of piperidine rings is 2. The topological polar surface area (TPSA) is 69.7 Å². The minimum atomic E-state index is -0.726. The smallest absolute Gasteiger partial charge is 0.321 e. The van der Waals surface area contributed by atoms with Gasteiger partial charge < -0.3 is 15.1 Å². The van der Waals surface area contributed by atoms with Crippen molar-refractivity contribution in [2.75, 3.05) is 31.5 Å². The van der Waals surface area contributed by atoms with Crippen LogP contribution in [0.3, 0.4) is 0 Å². The molecule has 174 valence electrons. The number of anilines is 1. The molecule has 2 aliphatic heterocycles. The van der Waals surface area contributed by atoms with Crippen LogP contribution in [0, 0.1) is 23.5 Å². The first-order valence-electron chi connectivity index (χ1n) is 11.3. The van der Waals surface area contributed by atoms with Crippen molar-refractivity contribution in [3.63, 3.8) is 0 Å². The molecule has 2 saturated heterocycles. The van der Waals surface area contributed by atoms with Crippen molar-refractivity contribution in [1.29, 1.82) is 0 Å². The molecule has 0 aromatic heterocycles. The molecule has 1 unspecified atom stereocenters. The minimum absolute atomic E-state index is 0.0185. The number of halogens is 2. The molecule has 2 aromatic rings. The third kappa shape index (κ3) is 5.38. The van der Waals surface area contributed by atoms with Crippen molar-refractivity contribution < 1.29 is 23.2 Å². The summed E-state index contributed by atoms with van der Waals surface area (Å²) >= 11 is 0. The largest absolute Gasteiger partial charge is 0.342 e. The number of likely N-dealkylation sites (tertiary alicyclic amines) is 2. The van der Waals surface area contributed by atoms with Gasteiger partial charge in [-0.15, -0.1) is 0 Å². The summed E-state index contributed by atoms with van der Waals surface area (Å²) in [7, 11) is 0. The van der Waals surface area contributed by atoms with E-state index in [1.54, 1.807) is 9.80 Å². The number of Topliss-reactive ketones (excluding diaryl/α,β-unsaturated/α-hetero) is 1. The third-order valence-electron chi connectivity index (χ3n) is 6.45. The minimum Gasteiger partial charge on any atom is -0.342 e. The molecule has 0 spiro atoms. The molecule has 1 atom stereocenters. The van der Waals surface area contributed by atoms with E-state index in [4.69, 9.17) is 0 Å². The van der Waals surface area contributed by atoms with Gasteiger partial charge in [-0.25, -0.2) is 13.6 Å². The molecule has 0 bridgehead atoms. The second-order valence-electron chi connectivity index (χ2n) is 8.67. The maximum atomic E-state index is 14.0. The molecular formula is C25H27F2N3O3. The van der Waals surface area contributed by atoms with Gasteiger partial charge in [0.2, 0.25) is 5.91 Å². The zero-order valence-corrected chi connectivity index (χ0v) is 18.3. The highest BCUT2D eigenvalue weighted by molar-refractivity contribution is 5.98. The Morgan fingerprint density at radius 3 is 2.30 bits per heavy atom. The number of carbonyl (C=O) groups excluding carboxylic acids is 3. The molecule has 4 rings (SSSR count). The van der Waals surface area contributed by atoms with Gasteiger partial charge in [0.25, 0.3) is 0 Å². The SMILES string of the molecule is O=C(c1cc(F)ccc1F)C1CCN(C(=O)C2CCCN(C(=O)Nc3ccccc3)C2)CC1. The van der Waals surface area contributed by atoms with Gasteiger partial charge >= 0.3 is 6.03 Å². The highest BCUT2D eigenvalue weighted by Gasteiger charge is 2.34. The summed E-state index contributed by atoms with van der Waals surface area (Å²) in [6, 6.07) is 11.8. The summed E-state index contributed by atoms with van der Waals surface area (Å²) < 4.78 is 27.4. The molecule has 33 heavy (non-hydrogen) atoms. The van der Waals surface area contributed by atoms with Crippen molar-refractivity contribution in [1.82, 2.24) is 9.80 Å². The molecule has 1 N–H and O–H groups in total. The van der Waals surface area contributed by atoms with Crippen LogP contribution in [-0.2, 0) is 4.79 Å². The Morgan fingerprint density at radius 1 is 0.848 bits per heavy atom. The van der Waals surface area contributed by atoms with E-state index in [0.29, 0.717) is 51.1 Å². The van der Waals surface area contributed by atoms with Gasteiger partial charge in [-0.1, -0.05) is 18.2 Å². The highest BCUT2D eigenvalue weighted by atomic mass is 19.1. The van der Waals surface area contributed by atoms with Crippen LogP contribution in [-0.4, -0.2) is 53.7 Å². The van der Waals surface area contributed by atoms with E-state index in [9.17, 15) is 23.2 Å². The van der Waals surface area contributed by atoms with E-state index < -0.39 is 23.3 Å². The predicted octanol–water partition coefficient (Wildman–Crippen LogP) is 4.33. The lowest BCUT2D eigenvalue weighted by Crippen LogP contribution is -2.49. The summed E-state index contributed by atoms with van der Waals surface area (Å²) in [5.41, 5.74) is 0.476. The normalized spacial score (nSPS) is 19.3. The van der Waals surface area contributed by atoms with Crippen LogP contribution in [0.1, 0.15) is 36.0 Å². The lowest BCUT2D eigenvalue weighted by atomic mass is 9.87. The van der Waals surface area contributed by atoms with E-state index in [2.05, 4.69) is 5.32 Å². The standard InChI is InChI=1S/C25H27F2N3O3/c26-19-8-9-22(27)21(15-19)23(31)17-10-13-29(14-11-17)24(32)18-5-4-12-30(16-18)25(33)28-20-6-2-1-3-7-20/h1-3,6-9,15,17-18H,4-5,10-14,16H2,(H,28,33). The van der Waals surface area contributed by atoms with Crippen LogP contribution in [0.2, 0.25) is 0 Å². The molecule has 2 aliphatic rings. The molecule has 8 heteroatoms. The van der Waals surface area contributed by atoms with Gasteiger partial charge in [-0.2, -0.15) is 0 Å². The Bertz CT molecular complexity index is 1020. The second kappa shape index (κ2) is 10.1. The number of benzene rings is 2. The Kier molecular flexibility index (Phi) is 7.01. The van der Waals surface area contributed by atoms with Crippen molar-refractivity contribution in [3.8, 4) is 0 Å². The van der Waals surface area contributed by atoms with Crippen LogP contribution < -0.4 is 5.32 Å². The highest BCUT2D eigenvalue weighted by Crippen LogP contribution is 2.27. The second-order valence-corrected chi connectivity index (χ2v) is 8.67. The number of rotatable bonds is 4. The van der Waals surface area contributed by atoms with E-state index in [1.807, 2.05) is 30.3 Å². The molecule has 0 aliphatic carbocycles. The summed E-state index contributed by atoms with van der Waals surface area (Å²) in [5, 5.41) is 2.86. The Balaban J connectivity index is 1.31. The Hall–Kier alpha value is -3.29. The third-order valence-corrected chi connectivity index (χ3v) is 6.45. The molecular weight excluding hydrogens is 428 g/mol. The average Bonchev–Trinajstić information content (AvgIpc) is 2.85. The molecule has 0 radical (unpaired) electrons. The van der Waals surface area contributed by atoms with Crippen molar-refractivity contribution in [3.05, 3.63) is 65.7 Å². The summed E-state index contributed by atoms with van der Waals surface area (Å²) in [5.74, 6) is -2.53. The number of hydrogen-bond donors (Lipinski definition) is 1. The molecule has 0 saturated carbocycles. The van der Waals surface area contributed by atoms with Crippen molar-refractivity contribution >= 4 is 23.4 Å². The summed E-state index contributed by atoms with van der Waals surface area (Å²) in [4.78, 5) is 41.8. The maximum absolute atomic E-state index is 14.0. The van der Waals surface area contributed by atoms with Crippen LogP contribution >= 0.6 is 0 Å². The van der Waals surface area contributed by atoms with E-state index in [0.717, 1.165) is 24.6 Å². The van der Waals surface area contributed by atoms with Crippen LogP contribution in [0.25, 0.3) is 0 Å². The Morgan fingerprint density at radius 2 is 1.58 bits per heavy atom. The molecule has 3 amide bonds. The van der Waals surface area contributed by atoms with Crippen LogP contribution in [0.5, 0.6) is 0 Å². The number of ketones is 1. The number of hydrogen-bond acceptors (Lipinski definition) is 3. The quantitative estimate of drug-likeness (QED) is 0.698. The summed E-state index contributed by atoms with van der Waals surface area (Å²) in [6.45, 7) is 1.72.